The third-order valence-corrected chi connectivity index (χ3v) is 4.78. The van der Waals surface area contributed by atoms with Crippen molar-refractivity contribution >= 4 is 22.9 Å². The number of nitrogens with one attached hydrogen (secondary N) is 1. The normalized spacial score (nSPS) is 10.6. The molecule has 0 fully saturated rings. The summed E-state index contributed by atoms with van der Waals surface area (Å²) < 4.78 is 5.60. The van der Waals surface area contributed by atoms with E-state index in [1.54, 1.807) is 17.6 Å². The maximum atomic E-state index is 12.1. The van der Waals surface area contributed by atoms with Gasteiger partial charge < -0.3 is 9.73 Å². The van der Waals surface area contributed by atoms with Gasteiger partial charge in [-0.05, 0) is 35.7 Å². The van der Waals surface area contributed by atoms with Gasteiger partial charge in [0.1, 0.15) is 12.0 Å². The molecule has 0 saturated carbocycles. The maximum Gasteiger partial charge on any atom is 0.229 e. The van der Waals surface area contributed by atoms with E-state index >= 15 is 0 Å². The molecule has 0 aliphatic heterocycles. The number of anilines is 1. The van der Waals surface area contributed by atoms with Crippen LogP contribution in [0.1, 0.15) is 4.88 Å². The summed E-state index contributed by atoms with van der Waals surface area (Å²) >= 11 is 1.58. The molecular formula is C21H16N2O2S. The standard InChI is InChI=1S/C21H16N2O2S/c24-20(13-18-7-4-12-26-18)22-17-10-8-16(9-11-17)21-23-19(14-25-21)15-5-2-1-3-6-15/h1-12,14H,13H2,(H,22,24). The summed E-state index contributed by atoms with van der Waals surface area (Å²) in [5.74, 6) is 0.531. The van der Waals surface area contributed by atoms with Gasteiger partial charge in [-0.1, -0.05) is 36.4 Å². The number of oxazole rings is 1. The van der Waals surface area contributed by atoms with Crippen molar-refractivity contribution in [3.8, 4) is 22.7 Å². The van der Waals surface area contributed by atoms with Gasteiger partial charge in [-0.15, -0.1) is 11.3 Å². The molecule has 0 spiro atoms. The molecule has 0 bridgehead atoms. The SMILES string of the molecule is O=C(Cc1cccs1)Nc1ccc(-c2nc(-c3ccccc3)co2)cc1. The van der Waals surface area contributed by atoms with Crippen LogP contribution in [0.5, 0.6) is 0 Å². The van der Waals surface area contributed by atoms with E-state index in [4.69, 9.17) is 4.42 Å². The average molecular weight is 360 g/mol. The summed E-state index contributed by atoms with van der Waals surface area (Å²) in [6.07, 6.45) is 2.04. The number of benzene rings is 2. The Hall–Kier alpha value is -3.18. The number of carbonyl (C=O) groups excluding carboxylic acids is 1. The minimum Gasteiger partial charge on any atom is -0.444 e. The second-order valence-corrected chi connectivity index (χ2v) is 6.82. The lowest BCUT2D eigenvalue weighted by molar-refractivity contribution is -0.115. The number of nitrogens with zero attached hydrogens (tertiary/aromatic N) is 1. The first-order valence-corrected chi connectivity index (χ1v) is 9.09. The van der Waals surface area contributed by atoms with Crippen molar-refractivity contribution < 1.29 is 9.21 Å². The molecule has 2 aromatic heterocycles. The van der Waals surface area contributed by atoms with E-state index in [-0.39, 0.29) is 5.91 Å². The first-order valence-electron chi connectivity index (χ1n) is 8.21. The fourth-order valence-electron chi connectivity index (χ4n) is 2.62. The fourth-order valence-corrected chi connectivity index (χ4v) is 3.32. The van der Waals surface area contributed by atoms with E-state index < -0.39 is 0 Å². The van der Waals surface area contributed by atoms with Crippen LogP contribution in [0.4, 0.5) is 5.69 Å². The largest absolute Gasteiger partial charge is 0.444 e. The minimum absolute atomic E-state index is 0.0253. The topological polar surface area (TPSA) is 55.1 Å². The van der Waals surface area contributed by atoms with Gasteiger partial charge in [0.15, 0.2) is 0 Å². The van der Waals surface area contributed by atoms with E-state index in [2.05, 4.69) is 10.3 Å². The summed E-state index contributed by atoms with van der Waals surface area (Å²) in [6.45, 7) is 0. The molecule has 4 aromatic rings. The Morgan fingerprint density at radius 2 is 1.77 bits per heavy atom. The van der Waals surface area contributed by atoms with E-state index in [9.17, 15) is 4.79 Å². The van der Waals surface area contributed by atoms with Crippen LogP contribution in [0, 0.1) is 0 Å². The summed E-state index contributed by atoms with van der Waals surface area (Å²) in [5, 5.41) is 4.88. The average Bonchev–Trinajstić information content (AvgIpc) is 3.35. The molecule has 0 saturated heterocycles. The summed E-state index contributed by atoms with van der Waals surface area (Å²) in [7, 11) is 0. The zero-order chi connectivity index (χ0) is 17.8. The lowest BCUT2D eigenvalue weighted by atomic mass is 10.2. The van der Waals surface area contributed by atoms with Crippen LogP contribution < -0.4 is 5.32 Å². The second kappa shape index (κ2) is 7.37. The molecular weight excluding hydrogens is 344 g/mol. The van der Waals surface area contributed by atoms with Crippen LogP contribution in [-0.4, -0.2) is 10.9 Å². The molecule has 0 radical (unpaired) electrons. The maximum absolute atomic E-state index is 12.1. The monoisotopic (exact) mass is 360 g/mol. The first-order chi connectivity index (χ1) is 12.8. The predicted octanol–water partition coefficient (Wildman–Crippen LogP) is 5.25. The number of aromatic nitrogens is 1. The molecule has 26 heavy (non-hydrogen) atoms. The second-order valence-electron chi connectivity index (χ2n) is 5.79. The number of hydrogen-bond acceptors (Lipinski definition) is 4. The van der Waals surface area contributed by atoms with Crippen molar-refractivity contribution in [2.75, 3.05) is 5.32 Å². The van der Waals surface area contributed by atoms with Gasteiger partial charge in [-0.2, -0.15) is 0 Å². The van der Waals surface area contributed by atoms with Crippen molar-refractivity contribution in [3.05, 3.63) is 83.3 Å². The molecule has 1 amide bonds. The lowest BCUT2D eigenvalue weighted by Crippen LogP contribution is -2.13. The molecule has 128 valence electrons. The number of thiophene rings is 1. The molecule has 1 N–H and O–H groups in total. The van der Waals surface area contributed by atoms with Crippen LogP contribution >= 0.6 is 11.3 Å². The van der Waals surface area contributed by atoms with Gasteiger partial charge in [0.25, 0.3) is 0 Å². The van der Waals surface area contributed by atoms with Gasteiger partial charge in [0, 0.05) is 21.7 Å². The number of amides is 1. The first kappa shape index (κ1) is 16.3. The summed E-state index contributed by atoms with van der Waals surface area (Å²) in [5.41, 5.74) is 3.43. The highest BCUT2D eigenvalue weighted by Gasteiger charge is 2.09. The predicted molar refractivity (Wildman–Crippen MR) is 104 cm³/mol. The molecule has 5 heteroatoms. The number of carbonyl (C=O) groups is 1. The van der Waals surface area contributed by atoms with Crippen molar-refractivity contribution in [2.45, 2.75) is 6.42 Å². The van der Waals surface area contributed by atoms with Crippen molar-refractivity contribution in [2.24, 2.45) is 0 Å². The summed E-state index contributed by atoms with van der Waals surface area (Å²) in [6, 6.07) is 21.3. The summed E-state index contributed by atoms with van der Waals surface area (Å²) in [4.78, 5) is 17.6. The van der Waals surface area contributed by atoms with Crippen LogP contribution in [0.3, 0.4) is 0 Å². The molecule has 4 rings (SSSR count). The zero-order valence-electron chi connectivity index (χ0n) is 13.9. The third kappa shape index (κ3) is 3.73. The van der Waals surface area contributed by atoms with Gasteiger partial charge in [-0.25, -0.2) is 4.98 Å². The Morgan fingerprint density at radius 1 is 0.962 bits per heavy atom. The number of hydrogen-bond donors (Lipinski definition) is 1. The third-order valence-electron chi connectivity index (χ3n) is 3.90. The highest BCUT2D eigenvalue weighted by molar-refractivity contribution is 7.10. The Bertz CT molecular complexity index is 990. The quantitative estimate of drug-likeness (QED) is 0.529. The van der Waals surface area contributed by atoms with Gasteiger partial charge in [-0.3, -0.25) is 4.79 Å². The van der Waals surface area contributed by atoms with Crippen molar-refractivity contribution in [3.63, 3.8) is 0 Å². The van der Waals surface area contributed by atoms with Crippen LogP contribution in [-0.2, 0) is 11.2 Å². The van der Waals surface area contributed by atoms with Crippen molar-refractivity contribution in [1.29, 1.82) is 0 Å². The van der Waals surface area contributed by atoms with Gasteiger partial charge in [0.05, 0.1) is 6.42 Å². The molecule has 2 aromatic carbocycles. The Morgan fingerprint density at radius 3 is 2.50 bits per heavy atom. The van der Waals surface area contributed by atoms with Crippen LogP contribution in [0.15, 0.2) is 82.8 Å². The van der Waals surface area contributed by atoms with E-state index in [1.165, 1.54) is 0 Å². The minimum atomic E-state index is -0.0253. The Labute approximate surface area is 155 Å². The fraction of sp³-hybridized carbons (Fsp3) is 0.0476. The smallest absolute Gasteiger partial charge is 0.229 e. The molecule has 0 unspecified atom stereocenters. The molecule has 0 aliphatic carbocycles. The number of rotatable bonds is 5. The van der Waals surface area contributed by atoms with Gasteiger partial charge >= 0.3 is 0 Å². The van der Waals surface area contributed by atoms with Crippen LogP contribution in [0.25, 0.3) is 22.7 Å². The lowest BCUT2D eigenvalue weighted by Gasteiger charge is -2.04. The van der Waals surface area contributed by atoms with E-state index in [1.807, 2.05) is 72.1 Å². The molecule has 2 heterocycles. The Kier molecular flexibility index (Phi) is 4.62. The highest BCUT2D eigenvalue weighted by Crippen LogP contribution is 2.25. The van der Waals surface area contributed by atoms with E-state index in [0.717, 1.165) is 27.4 Å². The van der Waals surface area contributed by atoms with Gasteiger partial charge in [0.2, 0.25) is 11.8 Å². The highest BCUT2D eigenvalue weighted by atomic mass is 32.1. The van der Waals surface area contributed by atoms with Crippen LogP contribution in [0.2, 0.25) is 0 Å². The molecule has 0 aliphatic rings. The Balaban J connectivity index is 1.44. The zero-order valence-corrected chi connectivity index (χ0v) is 14.7. The van der Waals surface area contributed by atoms with E-state index in [0.29, 0.717) is 12.3 Å². The molecule has 0 atom stereocenters. The van der Waals surface area contributed by atoms with Crippen molar-refractivity contribution in [1.82, 2.24) is 4.98 Å². The molecule has 4 nitrogen and oxygen atoms in total.